The molecule has 1 aliphatic rings. The van der Waals surface area contributed by atoms with Crippen molar-refractivity contribution < 1.29 is 4.79 Å². The number of hydrogen-bond donors (Lipinski definition) is 1. The largest absolute Gasteiger partial charge is 0.351 e. The zero-order valence-corrected chi connectivity index (χ0v) is 11.6. The van der Waals surface area contributed by atoms with Gasteiger partial charge < -0.3 is 10.2 Å². The van der Waals surface area contributed by atoms with E-state index in [2.05, 4.69) is 15.2 Å². The first-order valence-corrected chi connectivity index (χ1v) is 7.55. The number of amides is 1. The van der Waals surface area contributed by atoms with Crippen LogP contribution in [-0.2, 0) is 0 Å². The lowest BCUT2D eigenvalue weighted by Gasteiger charge is -2.14. The lowest BCUT2D eigenvalue weighted by Crippen LogP contribution is -2.33. The fourth-order valence-electron chi connectivity index (χ4n) is 2.49. The van der Waals surface area contributed by atoms with Crippen LogP contribution in [0.2, 0.25) is 0 Å². The Morgan fingerprint density at radius 3 is 3.05 bits per heavy atom. The SMILES string of the molecule is O=C(NCCN1CCCC1)c1cccc2ncsc12. The Morgan fingerprint density at radius 2 is 2.21 bits per heavy atom. The smallest absolute Gasteiger partial charge is 0.252 e. The van der Waals surface area contributed by atoms with Gasteiger partial charge in [-0.05, 0) is 38.1 Å². The quantitative estimate of drug-likeness (QED) is 0.929. The number of nitrogens with one attached hydrogen (secondary N) is 1. The van der Waals surface area contributed by atoms with Crippen LogP contribution in [0.1, 0.15) is 23.2 Å². The summed E-state index contributed by atoms with van der Waals surface area (Å²) >= 11 is 1.52. The van der Waals surface area contributed by atoms with E-state index in [0.29, 0.717) is 6.54 Å². The highest BCUT2D eigenvalue weighted by Gasteiger charge is 2.13. The van der Waals surface area contributed by atoms with Gasteiger partial charge in [0, 0.05) is 13.1 Å². The molecule has 2 heterocycles. The fourth-order valence-corrected chi connectivity index (χ4v) is 3.29. The van der Waals surface area contributed by atoms with Gasteiger partial charge in [0.25, 0.3) is 5.91 Å². The van der Waals surface area contributed by atoms with Crippen molar-refractivity contribution in [3.05, 3.63) is 29.3 Å². The van der Waals surface area contributed by atoms with Crippen LogP contribution in [0.3, 0.4) is 0 Å². The van der Waals surface area contributed by atoms with Crippen molar-refractivity contribution in [1.82, 2.24) is 15.2 Å². The summed E-state index contributed by atoms with van der Waals surface area (Å²) in [5.74, 6) is 0.00838. The van der Waals surface area contributed by atoms with Crippen LogP contribution in [0, 0.1) is 0 Å². The lowest BCUT2D eigenvalue weighted by molar-refractivity contribution is 0.0951. The molecule has 100 valence electrons. The molecule has 0 bridgehead atoms. The van der Waals surface area contributed by atoms with E-state index in [1.165, 1.54) is 37.3 Å². The first-order valence-electron chi connectivity index (χ1n) is 6.67. The van der Waals surface area contributed by atoms with Gasteiger partial charge in [-0.1, -0.05) is 6.07 Å². The highest BCUT2D eigenvalue weighted by Crippen LogP contribution is 2.21. The van der Waals surface area contributed by atoms with Crippen molar-refractivity contribution in [3.63, 3.8) is 0 Å². The number of aromatic nitrogens is 1. The number of carbonyl (C=O) groups is 1. The molecule has 5 heteroatoms. The minimum Gasteiger partial charge on any atom is -0.351 e. The molecule has 4 nitrogen and oxygen atoms in total. The van der Waals surface area contributed by atoms with Crippen molar-refractivity contribution in [3.8, 4) is 0 Å². The standard InChI is InChI=1S/C14H17N3OS/c18-14(15-6-9-17-7-1-2-8-17)11-4-3-5-12-13(11)19-10-16-12/h3-5,10H,1-2,6-9H2,(H,15,18). The van der Waals surface area contributed by atoms with Crippen molar-refractivity contribution in [2.24, 2.45) is 0 Å². The lowest BCUT2D eigenvalue weighted by atomic mass is 10.2. The Hall–Kier alpha value is -1.46. The molecule has 0 radical (unpaired) electrons. The summed E-state index contributed by atoms with van der Waals surface area (Å²) in [5, 5.41) is 3.01. The molecule has 1 fully saturated rings. The third-order valence-electron chi connectivity index (χ3n) is 3.51. The summed E-state index contributed by atoms with van der Waals surface area (Å²) in [6.45, 7) is 4.00. The molecule has 0 spiro atoms. The summed E-state index contributed by atoms with van der Waals surface area (Å²) in [6, 6.07) is 5.69. The molecule has 0 aliphatic carbocycles. The van der Waals surface area contributed by atoms with Crippen LogP contribution < -0.4 is 5.32 Å². The molecule has 0 unspecified atom stereocenters. The number of nitrogens with zero attached hydrogens (tertiary/aromatic N) is 2. The van der Waals surface area contributed by atoms with Gasteiger partial charge in [0.1, 0.15) is 0 Å². The summed E-state index contributed by atoms with van der Waals surface area (Å²) in [4.78, 5) is 18.8. The van der Waals surface area contributed by atoms with E-state index in [1.54, 1.807) is 5.51 Å². The topological polar surface area (TPSA) is 45.2 Å². The summed E-state index contributed by atoms with van der Waals surface area (Å²) < 4.78 is 0.973. The van der Waals surface area contributed by atoms with Crippen molar-refractivity contribution in [2.45, 2.75) is 12.8 Å². The van der Waals surface area contributed by atoms with E-state index in [4.69, 9.17) is 0 Å². The Morgan fingerprint density at radius 1 is 1.37 bits per heavy atom. The molecular formula is C14H17N3OS. The van der Waals surface area contributed by atoms with E-state index in [9.17, 15) is 4.79 Å². The van der Waals surface area contributed by atoms with Crippen LogP contribution >= 0.6 is 11.3 Å². The molecule has 2 aromatic rings. The van der Waals surface area contributed by atoms with Crippen LogP contribution in [0.5, 0.6) is 0 Å². The molecule has 1 saturated heterocycles. The average molecular weight is 275 g/mol. The van der Waals surface area contributed by atoms with Crippen molar-refractivity contribution in [1.29, 1.82) is 0 Å². The number of fused-ring (bicyclic) bond motifs is 1. The number of thiazole rings is 1. The van der Waals surface area contributed by atoms with Crippen molar-refractivity contribution in [2.75, 3.05) is 26.2 Å². The maximum atomic E-state index is 12.2. The number of likely N-dealkylation sites (tertiary alicyclic amines) is 1. The van der Waals surface area contributed by atoms with E-state index in [-0.39, 0.29) is 5.91 Å². The highest BCUT2D eigenvalue weighted by atomic mass is 32.1. The second-order valence-corrected chi connectivity index (χ2v) is 5.67. The van der Waals surface area contributed by atoms with E-state index >= 15 is 0 Å². The molecule has 0 saturated carbocycles. The zero-order valence-electron chi connectivity index (χ0n) is 10.8. The fraction of sp³-hybridized carbons (Fsp3) is 0.429. The Bertz CT molecular complexity index is 575. The first kappa shape index (κ1) is 12.6. The molecule has 1 aliphatic heterocycles. The summed E-state index contributed by atoms with van der Waals surface area (Å²) in [5.41, 5.74) is 3.42. The predicted octanol–water partition coefficient (Wildman–Crippen LogP) is 2.12. The maximum absolute atomic E-state index is 12.2. The minimum absolute atomic E-state index is 0.00838. The molecule has 0 atom stereocenters. The third kappa shape index (κ3) is 2.77. The molecule has 1 N–H and O–H groups in total. The second kappa shape index (κ2) is 5.67. The van der Waals surface area contributed by atoms with Gasteiger partial charge in [-0.3, -0.25) is 4.79 Å². The number of rotatable bonds is 4. The highest BCUT2D eigenvalue weighted by molar-refractivity contribution is 7.17. The van der Waals surface area contributed by atoms with E-state index < -0.39 is 0 Å². The minimum atomic E-state index is 0.00838. The second-order valence-electron chi connectivity index (χ2n) is 4.81. The third-order valence-corrected chi connectivity index (χ3v) is 4.39. The molecule has 3 rings (SSSR count). The number of carbonyl (C=O) groups excluding carboxylic acids is 1. The molecule has 19 heavy (non-hydrogen) atoms. The van der Waals surface area contributed by atoms with Gasteiger partial charge >= 0.3 is 0 Å². The van der Waals surface area contributed by atoms with Gasteiger partial charge in [0.15, 0.2) is 0 Å². The summed E-state index contributed by atoms with van der Waals surface area (Å²) in [7, 11) is 0. The van der Waals surface area contributed by atoms with E-state index in [1.807, 2.05) is 18.2 Å². The number of hydrogen-bond acceptors (Lipinski definition) is 4. The van der Waals surface area contributed by atoms with Gasteiger partial charge in [0.05, 0.1) is 21.3 Å². The molecule has 1 aromatic heterocycles. The summed E-state index contributed by atoms with van der Waals surface area (Å²) in [6.07, 6.45) is 2.57. The maximum Gasteiger partial charge on any atom is 0.252 e. The number of benzene rings is 1. The Balaban J connectivity index is 1.62. The van der Waals surface area contributed by atoms with Gasteiger partial charge in [0.2, 0.25) is 0 Å². The van der Waals surface area contributed by atoms with E-state index in [0.717, 1.165) is 22.3 Å². The zero-order chi connectivity index (χ0) is 13.1. The normalized spacial score (nSPS) is 16.0. The van der Waals surface area contributed by atoms with Gasteiger partial charge in [-0.25, -0.2) is 4.98 Å². The van der Waals surface area contributed by atoms with Crippen LogP contribution in [0.4, 0.5) is 0 Å². The molecular weight excluding hydrogens is 258 g/mol. The monoisotopic (exact) mass is 275 g/mol. The van der Waals surface area contributed by atoms with Gasteiger partial charge in [-0.15, -0.1) is 11.3 Å². The Labute approximate surface area is 116 Å². The molecule has 1 amide bonds. The van der Waals surface area contributed by atoms with Crippen molar-refractivity contribution >= 4 is 27.5 Å². The Kier molecular flexibility index (Phi) is 3.75. The van der Waals surface area contributed by atoms with Crippen LogP contribution in [0.25, 0.3) is 10.2 Å². The average Bonchev–Trinajstić information content (AvgIpc) is 3.08. The van der Waals surface area contributed by atoms with Crippen LogP contribution in [0.15, 0.2) is 23.7 Å². The van der Waals surface area contributed by atoms with Crippen LogP contribution in [-0.4, -0.2) is 42.0 Å². The molecule has 1 aromatic carbocycles. The van der Waals surface area contributed by atoms with Gasteiger partial charge in [-0.2, -0.15) is 0 Å². The first-order chi connectivity index (χ1) is 9.34. The predicted molar refractivity (Wildman–Crippen MR) is 77.6 cm³/mol.